The van der Waals surface area contributed by atoms with E-state index >= 15 is 0 Å². The molecule has 6 nitrogen and oxygen atoms in total. The number of nitrogens with one attached hydrogen (secondary N) is 1. The number of hydrogen-bond donors (Lipinski definition) is 2. The van der Waals surface area contributed by atoms with E-state index < -0.39 is 0 Å². The van der Waals surface area contributed by atoms with E-state index in [-0.39, 0.29) is 12.4 Å². The lowest BCUT2D eigenvalue weighted by Crippen LogP contribution is -2.05. The van der Waals surface area contributed by atoms with Gasteiger partial charge < -0.3 is 9.47 Å². The van der Waals surface area contributed by atoms with Crippen molar-refractivity contribution < 1.29 is 9.47 Å². The summed E-state index contributed by atoms with van der Waals surface area (Å²) in [7, 11) is 3.10. The molecule has 9 heteroatoms. The number of halogens is 2. The number of hydrazine groups is 1. The molecule has 0 aliphatic carbocycles. The molecule has 0 fully saturated rings. The number of aromatic nitrogens is 2. The van der Waals surface area contributed by atoms with Crippen LogP contribution < -0.4 is 20.7 Å². The van der Waals surface area contributed by atoms with Gasteiger partial charge in [0, 0.05) is 0 Å². The third-order valence-electron chi connectivity index (χ3n) is 2.26. The number of benzene rings is 1. The highest BCUT2D eigenvalue weighted by Crippen LogP contribution is 2.44. The van der Waals surface area contributed by atoms with Crippen LogP contribution in [-0.4, -0.2) is 24.4 Å². The summed E-state index contributed by atoms with van der Waals surface area (Å²) in [5, 5.41) is 9.48. The second kappa shape index (κ2) is 6.76. The number of nitrogens with two attached hydrogens (primary N) is 1. The molecule has 2 aromatic rings. The van der Waals surface area contributed by atoms with E-state index in [0.717, 1.165) is 0 Å². The van der Waals surface area contributed by atoms with Crippen molar-refractivity contribution >= 4 is 40.5 Å². The Balaban J connectivity index is 0.00000180. The van der Waals surface area contributed by atoms with Crippen LogP contribution in [0.25, 0.3) is 10.6 Å². The van der Waals surface area contributed by atoms with E-state index in [1.807, 2.05) is 0 Å². The quantitative estimate of drug-likeness (QED) is 0.665. The number of nitrogen functional groups attached to an aromatic ring is 1. The first-order valence-electron chi connectivity index (χ1n) is 4.92. The minimum Gasteiger partial charge on any atom is -0.496 e. The molecule has 3 N–H and O–H groups in total. The maximum Gasteiger partial charge on any atom is 0.220 e. The monoisotopic (exact) mass is 322 g/mol. The highest BCUT2D eigenvalue weighted by Gasteiger charge is 2.19. The van der Waals surface area contributed by atoms with Crippen molar-refractivity contribution in [3.63, 3.8) is 0 Å². The van der Waals surface area contributed by atoms with Crippen LogP contribution in [0.15, 0.2) is 12.1 Å². The molecular formula is C10H12Cl2N4O2S. The van der Waals surface area contributed by atoms with Gasteiger partial charge in [0.05, 0.1) is 24.8 Å². The van der Waals surface area contributed by atoms with Gasteiger partial charge in [-0.15, -0.1) is 22.6 Å². The largest absolute Gasteiger partial charge is 0.496 e. The van der Waals surface area contributed by atoms with E-state index in [0.29, 0.717) is 32.2 Å². The summed E-state index contributed by atoms with van der Waals surface area (Å²) in [5.41, 5.74) is 3.10. The normalized spacial score (nSPS) is 9.68. The van der Waals surface area contributed by atoms with Gasteiger partial charge in [-0.2, -0.15) is 0 Å². The van der Waals surface area contributed by atoms with Crippen molar-refractivity contribution in [2.45, 2.75) is 0 Å². The zero-order chi connectivity index (χ0) is 13.1. The van der Waals surface area contributed by atoms with Gasteiger partial charge in [0.2, 0.25) is 5.13 Å². The van der Waals surface area contributed by atoms with Crippen LogP contribution in [0.1, 0.15) is 0 Å². The van der Waals surface area contributed by atoms with E-state index in [1.54, 1.807) is 19.2 Å². The van der Waals surface area contributed by atoms with Crippen LogP contribution in [0.5, 0.6) is 11.5 Å². The van der Waals surface area contributed by atoms with Gasteiger partial charge in [0.1, 0.15) is 5.75 Å². The van der Waals surface area contributed by atoms with Gasteiger partial charge in [0.15, 0.2) is 10.8 Å². The Bertz CT molecular complexity index is 564. The predicted molar refractivity (Wildman–Crippen MR) is 78.5 cm³/mol. The van der Waals surface area contributed by atoms with E-state index in [1.165, 1.54) is 18.4 Å². The number of rotatable bonds is 4. The minimum atomic E-state index is 0. The highest BCUT2D eigenvalue weighted by atomic mass is 35.5. The summed E-state index contributed by atoms with van der Waals surface area (Å²) in [6.45, 7) is 0. The number of methoxy groups -OCH3 is 2. The van der Waals surface area contributed by atoms with Crippen molar-refractivity contribution in [2.24, 2.45) is 5.84 Å². The minimum absolute atomic E-state index is 0. The second-order valence-electron chi connectivity index (χ2n) is 3.21. The van der Waals surface area contributed by atoms with Crippen LogP contribution in [0.3, 0.4) is 0 Å². The summed E-state index contributed by atoms with van der Waals surface area (Å²) in [6, 6.07) is 3.45. The maximum absolute atomic E-state index is 6.08. The lowest BCUT2D eigenvalue weighted by molar-refractivity contribution is 0.397. The van der Waals surface area contributed by atoms with Crippen LogP contribution >= 0.6 is 35.3 Å². The van der Waals surface area contributed by atoms with Crippen LogP contribution in [-0.2, 0) is 0 Å². The van der Waals surface area contributed by atoms with Gasteiger partial charge in [-0.1, -0.05) is 22.9 Å². The standard InChI is InChI=1S/C10H11ClN4O2S.ClH/c1-16-6-4-3-5(11)8(17-2)7(6)9-14-15-10(13-12)18-9;/h3-4H,12H2,1-2H3,(H,13,15);1H. The molecule has 2 rings (SSSR count). The summed E-state index contributed by atoms with van der Waals surface area (Å²) in [5.74, 6) is 6.39. The Hall–Kier alpha value is -1.28. The molecule has 1 aromatic heterocycles. The Labute approximate surface area is 125 Å². The lowest BCUT2D eigenvalue weighted by Gasteiger charge is -2.11. The first-order valence-corrected chi connectivity index (χ1v) is 6.11. The highest BCUT2D eigenvalue weighted by molar-refractivity contribution is 7.18. The molecule has 0 bridgehead atoms. The van der Waals surface area contributed by atoms with Gasteiger partial charge in [0.25, 0.3) is 0 Å². The summed E-state index contributed by atoms with van der Waals surface area (Å²) >= 11 is 7.36. The second-order valence-corrected chi connectivity index (χ2v) is 4.60. The van der Waals surface area contributed by atoms with Crippen LogP contribution in [0.2, 0.25) is 5.02 Å². The number of nitrogens with zero attached hydrogens (tertiary/aromatic N) is 2. The molecule has 0 saturated carbocycles. The fraction of sp³-hybridized carbons (Fsp3) is 0.200. The fourth-order valence-corrected chi connectivity index (χ4v) is 2.43. The number of hydrogen-bond acceptors (Lipinski definition) is 7. The lowest BCUT2D eigenvalue weighted by atomic mass is 10.2. The van der Waals surface area contributed by atoms with Crippen LogP contribution in [0.4, 0.5) is 5.13 Å². The maximum atomic E-state index is 6.08. The molecule has 1 heterocycles. The van der Waals surface area contributed by atoms with Gasteiger partial charge in [-0.05, 0) is 12.1 Å². The molecule has 0 spiro atoms. The van der Waals surface area contributed by atoms with Gasteiger partial charge in [-0.25, -0.2) is 5.84 Å². The van der Waals surface area contributed by atoms with Crippen molar-refractivity contribution in [3.8, 4) is 22.1 Å². The molecule has 0 saturated heterocycles. The molecule has 1 aromatic carbocycles. The molecule has 0 aliphatic rings. The van der Waals surface area contributed by atoms with Crippen molar-refractivity contribution in [1.29, 1.82) is 0 Å². The fourth-order valence-electron chi connectivity index (χ4n) is 1.49. The third kappa shape index (κ3) is 3.01. The Kier molecular flexibility index (Phi) is 5.61. The van der Waals surface area contributed by atoms with E-state index in [4.69, 9.17) is 26.9 Å². The van der Waals surface area contributed by atoms with Crippen molar-refractivity contribution in [3.05, 3.63) is 17.2 Å². The topological polar surface area (TPSA) is 82.3 Å². The summed E-state index contributed by atoms with van der Waals surface area (Å²) in [4.78, 5) is 0. The molecular weight excluding hydrogens is 311 g/mol. The Morgan fingerprint density at radius 2 is 2.00 bits per heavy atom. The van der Waals surface area contributed by atoms with Crippen LogP contribution in [0, 0.1) is 0 Å². The zero-order valence-electron chi connectivity index (χ0n) is 10.1. The predicted octanol–water partition coefficient (Wildman–Crippen LogP) is 2.58. The van der Waals surface area contributed by atoms with Gasteiger partial charge in [-0.3, -0.25) is 5.43 Å². The Morgan fingerprint density at radius 3 is 2.53 bits per heavy atom. The van der Waals surface area contributed by atoms with Gasteiger partial charge >= 0.3 is 0 Å². The zero-order valence-corrected chi connectivity index (χ0v) is 12.5. The van der Waals surface area contributed by atoms with Crippen molar-refractivity contribution in [2.75, 3.05) is 19.6 Å². The van der Waals surface area contributed by atoms with Crippen molar-refractivity contribution in [1.82, 2.24) is 10.2 Å². The first-order chi connectivity index (χ1) is 8.71. The molecule has 104 valence electrons. The smallest absolute Gasteiger partial charge is 0.220 e. The molecule has 0 atom stereocenters. The molecule has 0 unspecified atom stereocenters. The summed E-state index contributed by atoms with van der Waals surface area (Å²) < 4.78 is 10.6. The molecule has 0 aliphatic heterocycles. The average Bonchev–Trinajstić information content (AvgIpc) is 2.86. The molecule has 0 radical (unpaired) electrons. The Morgan fingerprint density at radius 1 is 1.26 bits per heavy atom. The first kappa shape index (κ1) is 15.8. The summed E-state index contributed by atoms with van der Waals surface area (Å²) in [6.07, 6.45) is 0. The van der Waals surface area contributed by atoms with E-state index in [9.17, 15) is 0 Å². The third-order valence-corrected chi connectivity index (χ3v) is 3.43. The molecule has 0 amide bonds. The SMILES string of the molecule is COc1ccc(Cl)c(OC)c1-c1nnc(NN)s1.Cl. The number of anilines is 1. The average molecular weight is 323 g/mol. The number of ether oxygens (including phenoxy) is 2. The van der Waals surface area contributed by atoms with E-state index in [2.05, 4.69) is 15.6 Å². The molecule has 19 heavy (non-hydrogen) atoms.